The van der Waals surface area contributed by atoms with Crippen molar-refractivity contribution in [2.45, 2.75) is 18.7 Å². The molecule has 0 aliphatic heterocycles. The molecule has 5 nitrogen and oxygen atoms in total. The predicted octanol–water partition coefficient (Wildman–Crippen LogP) is 3.20. The van der Waals surface area contributed by atoms with Crippen molar-refractivity contribution in [2.75, 3.05) is 5.75 Å². The molecular formula is C14H12FN3O2S2. The summed E-state index contributed by atoms with van der Waals surface area (Å²) in [7, 11) is 0. The van der Waals surface area contributed by atoms with Crippen molar-refractivity contribution in [3.8, 4) is 11.5 Å². The monoisotopic (exact) mass is 337 g/mol. The van der Waals surface area contributed by atoms with Gasteiger partial charge in [0.25, 0.3) is 5.22 Å². The van der Waals surface area contributed by atoms with Crippen LogP contribution in [-0.4, -0.2) is 20.5 Å². The SMILES string of the molecule is Cc1csc(=O)n1CCSc1nnc(-c2ccc(F)cc2)o1. The first-order valence-electron chi connectivity index (χ1n) is 6.50. The van der Waals surface area contributed by atoms with Gasteiger partial charge in [-0.05, 0) is 31.2 Å². The van der Waals surface area contributed by atoms with Gasteiger partial charge in [0.15, 0.2) is 0 Å². The molecule has 1 aromatic carbocycles. The largest absolute Gasteiger partial charge is 0.411 e. The molecule has 3 aromatic rings. The van der Waals surface area contributed by atoms with E-state index in [-0.39, 0.29) is 10.7 Å². The average molecular weight is 337 g/mol. The van der Waals surface area contributed by atoms with E-state index in [4.69, 9.17) is 4.42 Å². The second kappa shape index (κ2) is 6.45. The maximum Gasteiger partial charge on any atom is 0.307 e. The quantitative estimate of drug-likeness (QED) is 0.669. The van der Waals surface area contributed by atoms with Crippen LogP contribution in [0.3, 0.4) is 0 Å². The van der Waals surface area contributed by atoms with Crippen LogP contribution >= 0.6 is 23.1 Å². The fourth-order valence-electron chi connectivity index (χ4n) is 1.88. The van der Waals surface area contributed by atoms with Crippen molar-refractivity contribution in [1.82, 2.24) is 14.8 Å². The molecule has 0 unspecified atom stereocenters. The van der Waals surface area contributed by atoms with Crippen LogP contribution in [0.15, 0.2) is 44.1 Å². The molecule has 0 aliphatic rings. The van der Waals surface area contributed by atoms with E-state index in [9.17, 15) is 9.18 Å². The minimum absolute atomic E-state index is 0.0376. The Kier molecular flexibility index (Phi) is 4.39. The number of rotatable bonds is 5. The zero-order valence-corrected chi connectivity index (χ0v) is 13.3. The Labute approximate surface area is 133 Å². The summed E-state index contributed by atoms with van der Waals surface area (Å²) in [6.45, 7) is 2.50. The topological polar surface area (TPSA) is 60.9 Å². The number of aromatic nitrogens is 3. The minimum atomic E-state index is -0.311. The third-order valence-corrected chi connectivity index (χ3v) is 4.69. The third kappa shape index (κ3) is 3.28. The lowest BCUT2D eigenvalue weighted by molar-refractivity contribution is 0.465. The zero-order chi connectivity index (χ0) is 15.5. The van der Waals surface area contributed by atoms with Gasteiger partial charge in [-0.25, -0.2) is 4.39 Å². The third-order valence-electron chi connectivity index (χ3n) is 3.01. The van der Waals surface area contributed by atoms with Crippen LogP contribution in [-0.2, 0) is 6.54 Å². The number of thioether (sulfide) groups is 1. The second-order valence-electron chi connectivity index (χ2n) is 4.52. The van der Waals surface area contributed by atoms with Gasteiger partial charge >= 0.3 is 4.87 Å². The molecule has 0 spiro atoms. The Morgan fingerprint density at radius 2 is 2.09 bits per heavy atom. The molecule has 22 heavy (non-hydrogen) atoms. The molecule has 0 N–H and O–H groups in total. The van der Waals surface area contributed by atoms with E-state index in [0.717, 1.165) is 5.69 Å². The number of hydrogen-bond acceptors (Lipinski definition) is 6. The summed E-state index contributed by atoms with van der Waals surface area (Å²) in [6, 6.07) is 5.87. The van der Waals surface area contributed by atoms with Crippen molar-refractivity contribution in [3.05, 3.63) is 50.8 Å². The molecule has 0 atom stereocenters. The summed E-state index contributed by atoms with van der Waals surface area (Å²) in [6.07, 6.45) is 0. The van der Waals surface area contributed by atoms with Crippen LogP contribution in [0.25, 0.3) is 11.5 Å². The molecule has 114 valence electrons. The summed E-state index contributed by atoms with van der Waals surface area (Å²) in [5.74, 6) is 0.698. The summed E-state index contributed by atoms with van der Waals surface area (Å²) < 4.78 is 20.1. The number of halogens is 1. The number of benzene rings is 1. The van der Waals surface area contributed by atoms with Gasteiger partial charge in [-0.2, -0.15) is 0 Å². The molecule has 2 aromatic heterocycles. The Bertz CT molecular complexity index is 823. The van der Waals surface area contributed by atoms with Crippen LogP contribution in [0, 0.1) is 12.7 Å². The standard InChI is InChI=1S/C14H12FN3O2S2/c1-9-8-22-14(19)18(9)6-7-21-13-17-16-12(20-13)10-2-4-11(15)5-3-10/h2-5,8H,6-7H2,1H3. The van der Waals surface area contributed by atoms with Crippen molar-refractivity contribution < 1.29 is 8.81 Å². The predicted molar refractivity (Wildman–Crippen MR) is 83.7 cm³/mol. The highest BCUT2D eigenvalue weighted by Crippen LogP contribution is 2.23. The van der Waals surface area contributed by atoms with Crippen molar-refractivity contribution in [1.29, 1.82) is 0 Å². The highest BCUT2D eigenvalue weighted by atomic mass is 32.2. The van der Waals surface area contributed by atoms with Crippen molar-refractivity contribution >= 4 is 23.1 Å². The first-order chi connectivity index (χ1) is 10.6. The molecule has 0 saturated heterocycles. The summed E-state index contributed by atoms with van der Waals surface area (Å²) in [5.41, 5.74) is 1.62. The molecule has 0 amide bonds. The van der Waals surface area contributed by atoms with Crippen LogP contribution in [0.2, 0.25) is 0 Å². The van der Waals surface area contributed by atoms with Gasteiger partial charge in [0.1, 0.15) is 5.82 Å². The number of hydrogen-bond donors (Lipinski definition) is 0. The first kappa shape index (κ1) is 15.0. The molecular weight excluding hydrogens is 325 g/mol. The minimum Gasteiger partial charge on any atom is -0.411 e. The average Bonchev–Trinajstić information content (AvgIpc) is 3.10. The van der Waals surface area contributed by atoms with Crippen molar-refractivity contribution in [3.63, 3.8) is 0 Å². The number of aryl methyl sites for hydroxylation is 1. The Balaban J connectivity index is 1.62. The Morgan fingerprint density at radius 1 is 1.32 bits per heavy atom. The lowest BCUT2D eigenvalue weighted by Gasteiger charge is -2.01. The molecule has 0 bridgehead atoms. The molecule has 3 rings (SSSR count). The Hall–Kier alpha value is -1.93. The molecule has 0 saturated carbocycles. The normalized spacial score (nSPS) is 11.0. The van der Waals surface area contributed by atoms with Gasteiger partial charge in [-0.3, -0.25) is 4.79 Å². The molecule has 2 heterocycles. The van der Waals surface area contributed by atoms with Crippen LogP contribution in [0.5, 0.6) is 0 Å². The highest BCUT2D eigenvalue weighted by molar-refractivity contribution is 7.99. The molecule has 0 aliphatic carbocycles. The first-order valence-corrected chi connectivity index (χ1v) is 8.37. The Morgan fingerprint density at radius 3 is 2.77 bits per heavy atom. The molecule has 0 radical (unpaired) electrons. The smallest absolute Gasteiger partial charge is 0.307 e. The van der Waals surface area contributed by atoms with Crippen LogP contribution in [0.1, 0.15) is 5.69 Å². The number of nitrogens with zero attached hydrogens (tertiary/aromatic N) is 3. The zero-order valence-electron chi connectivity index (χ0n) is 11.7. The van der Waals surface area contributed by atoms with E-state index < -0.39 is 0 Å². The van der Waals surface area contributed by atoms with Gasteiger partial charge in [0.05, 0.1) is 0 Å². The van der Waals surface area contributed by atoms with Crippen LogP contribution < -0.4 is 4.87 Å². The van der Waals surface area contributed by atoms with E-state index >= 15 is 0 Å². The van der Waals surface area contributed by atoms with Gasteiger partial charge in [0, 0.05) is 28.9 Å². The fraction of sp³-hybridized carbons (Fsp3) is 0.214. The lowest BCUT2D eigenvalue weighted by Crippen LogP contribution is -2.15. The van der Waals surface area contributed by atoms with Gasteiger partial charge in [-0.15, -0.1) is 10.2 Å². The molecule has 0 fully saturated rings. The van der Waals surface area contributed by atoms with Gasteiger partial charge in [0.2, 0.25) is 5.89 Å². The van der Waals surface area contributed by atoms with E-state index in [1.165, 1.54) is 35.2 Å². The van der Waals surface area contributed by atoms with Gasteiger partial charge < -0.3 is 8.98 Å². The summed E-state index contributed by atoms with van der Waals surface area (Å²) >= 11 is 2.58. The lowest BCUT2D eigenvalue weighted by atomic mass is 10.2. The van der Waals surface area contributed by atoms with E-state index in [2.05, 4.69) is 10.2 Å². The van der Waals surface area contributed by atoms with Gasteiger partial charge in [-0.1, -0.05) is 23.1 Å². The maximum absolute atomic E-state index is 12.9. The van der Waals surface area contributed by atoms with Crippen molar-refractivity contribution in [2.24, 2.45) is 0 Å². The summed E-state index contributed by atoms with van der Waals surface area (Å²) in [5, 5.41) is 10.2. The van der Waals surface area contributed by atoms with E-state index in [1.807, 2.05) is 12.3 Å². The molecule has 8 heteroatoms. The highest BCUT2D eigenvalue weighted by Gasteiger charge is 2.10. The second-order valence-corrected chi connectivity index (χ2v) is 6.39. The fourth-order valence-corrected chi connectivity index (χ4v) is 3.32. The van der Waals surface area contributed by atoms with E-state index in [1.54, 1.807) is 16.7 Å². The number of thiazole rings is 1. The van der Waals surface area contributed by atoms with Crippen LogP contribution in [0.4, 0.5) is 4.39 Å². The van der Waals surface area contributed by atoms with E-state index in [0.29, 0.717) is 29.0 Å². The maximum atomic E-state index is 12.9. The summed E-state index contributed by atoms with van der Waals surface area (Å²) in [4.78, 5) is 11.6.